The summed E-state index contributed by atoms with van der Waals surface area (Å²) < 4.78 is 2.04. The van der Waals surface area contributed by atoms with Gasteiger partial charge < -0.3 is 10.2 Å². The van der Waals surface area contributed by atoms with Crippen LogP contribution in [0.15, 0.2) is 12.5 Å². The van der Waals surface area contributed by atoms with Gasteiger partial charge in [-0.3, -0.25) is 4.57 Å². The Balaban J connectivity index is 1.90. The third-order valence-corrected chi connectivity index (χ3v) is 4.79. The lowest BCUT2D eigenvalue weighted by molar-refractivity contribution is 0.469. The zero-order chi connectivity index (χ0) is 15.1. The highest BCUT2D eigenvalue weighted by molar-refractivity contribution is 5.63. The van der Waals surface area contributed by atoms with Crippen LogP contribution >= 0.6 is 0 Å². The van der Waals surface area contributed by atoms with Crippen LogP contribution in [0.1, 0.15) is 50.9 Å². The molecule has 7 heteroatoms. The SMILES string of the molecule is CCC1c2nncn2-c2cnc(NC)nc2N1C1CCCC1. The largest absolute Gasteiger partial charge is 0.357 e. The van der Waals surface area contributed by atoms with E-state index in [1.54, 1.807) is 6.33 Å². The van der Waals surface area contributed by atoms with Gasteiger partial charge in [-0.2, -0.15) is 4.98 Å². The second-order valence-corrected chi connectivity index (χ2v) is 5.98. The lowest BCUT2D eigenvalue weighted by Crippen LogP contribution is -2.42. The van der Waals surface area contributed by atoms with Crippen LogP contribution in [0, 0.1) is 0 Å². The fraction of sp³-hybridized carbons (Fsp3) is 0.600. The van der Waals surface area contributed by atoms with Crippen LogP contribution in [0.2, 0.25) is 0 Å². The van der Waals surface area contributed by atoms with Crippen LogP contribution in [-0.2, 0) is 0 Å². The van der Waals surface area contributed by atoms with E-state index in [0.717, 1.165) is 23.8 Å². The van der Waals surface area contributed by atoms with Crippen molar-refractivity contribution < 1.29 is 0 Å². The van der Waals surface area contributed by atoms with Crippen molar-refractivity contribution in [1.82, 2.24) is 24.7 Å². The van der Waals surface area contributed by atoms with Crippen molar-refractivity contribution in [3.63, 3.8) is 0 Å². The van der Waals surface area contributed by atoms with E-state index in [0.29, 0.717) is 12.0 Å². The topological polar surface area (TPSA) is 71.8 Å². The Labute approximate surface area is 129 Å². The molecule has 7 nitrogen and oxygen atoms in total. The fourth-order valence-corrected chi connectivity index (χ4v) is 3.76. The highest BCUT2D eigenvalue weighted by Crippen LogP contribution is 2.42. The summed E-state index contributed by atoms with van der Waals surface area (Å²) in [6, 6.07) is 0.770. The highest BCUT2D eigenvalue weighted by atomic mass is 15.4. The molecule has 3 heterocycles. The molecular formula is C15H21N7. The zero-order valence-electron chi connectivity index (χ0n) is 13.0. The molecule has 1 aliphatic carbocycles. The van der Waals surface area contributed by atoms with Gasteiger partial charge in [-0.1, -0.05) is 19.8 Å². The quantitative estimate of drug-likeness (QED) is 0.937. The zero-order valence-corrected chi connectivity index (χ0v) is 13.0. The first-order valence-corrected chi connectivity index (χ1v) is 8.07. The van der Waals surface area contributed by atoms with Gasteiger partial charge in [-0.25, -0.2) is 4.98 Å². The van der Waals surface area contributed by atoms with Crippen LogP contribution < -0.4 is 10.2 Å². The number of anilines is 2. The monoisotopic (exact) mass is 299 g/mol. The second-order valence-electron chi connectivity index (χ2n) is 5.98. The van der Waals surface area contributed by atoms with Crippen LogP contribution in [0.4, 0.5) is 11.8 Å². The number of nitrogens with one attached hydrogen (secondary N) is 1. The Hall–Kier alpha value is -2.18. The molecule has 0 radical (unpaired) electrons. The van der Waals surface area contributed by atoms with Crippen LogP contribution in [0.25, 0.3) is 5.69 Å². The van der Waals surface area contributed by atoms with Crippen molar-refractivity contribution in [3.8, 4) is 5.69 Å². The smallest absolute Gasteiger partial charge is 0.224 e. The maximum absolute atomic E-state index is 4.76. The molecule has 0 amide bonds. The van der Waals surface area contributed by atoms with Crippen LogP contribution in [-0.4, -0.2) is 37.8 Å². The molecule has 0 bridgehead atoms. The first-order valence-electron chi connectivity index (χ1n) is 8.07. The number of hydrogen-bond donors (Lipinski definition) is 1. The molecular weight excluding hydrogens is 278 g/mol. The number of fused-ring (bicyclic) bond motifs is 3. The second kappa shape index (κ2) is 5.23. The van der Waals surface area contributed by atoms with Gasteiger partial charge in [-0.05, 0) is 19.3 Å². The molecule has 1 fully saturated rings. The van der Waals surface area contributed by atoms with E-state index in [9.17, 15) is 0 Å². The highest BCUT2D eigenvalue weighted by Gasteiger charge is 2.38. The van der Waals surface area contributed by atoms with Gasteiger partial charge in [0.2, 0.25) is 5.95 Å². The molecule has 2 aliphatic rings. The molecule has 1 atom stereocenters. The minimum atomic E-state index is 0.234. The Morgan fingerprint density at radius 1 is 1.32 bits per heavy atom. The van der Waals surface area contributed by atoms with E-state index < -0.39 is 0 Å². The van der Waals surface area contributed by atoms with E-state index in [4.69, 9.17) is 4.98 Å². The third kappa shape index (κ3) is 1.88. The van der Waals surface area contributed by atoms with Crippen molar-refractivity contribution in [2.75, 3.05) is 17.3 Å². The molecule has 0 aromatic carbocycles. The average Bonchev–Trinajstić information content (AvgIpc) is 3.24. The molecule has 116 valence electrons. The minimum Gasteiger partial charge on any atom is -0.357 e. The Bertz CT molecular complexity index is 674. The lowest BCUT2D eigenvalue weighted by Gasteiger charge is -2.40. The molecule has 0 saturated heterocycles. The van der Waals surface area contributed by atoms with Gasteiger partial charge in [0, 0.05) is 13.1 Å². The van der Waals surface area contributed by atoms with Crippen molar-refractivity contribution in [2.45, 2.75) is 51.1 Å². The summed E-state index contributed by atoms with van der Waals surface area (Å²) >= 11 is 0. The maximum Gasteiger partial charge on any atom is 0.224 e. The van der Waals surface area contributed by atoms with E-state index >= 15 is 0 Å². The minimum absolute atomic E-state index is 0.234. The molecule has 4 rings (SSSR count). The maximum atomic E-state index is 4.76. The molecule has 1 unspecified atom stereocenters. The molecule has 2 aromatic heterocycles. The molecule has 2 aromatic rings. The molecule has 1 N–H and O–H groups in total. The fourth-order valence-electron chi connectivity index (χ4n) is 3.76. The number of aromatic nitrogens is 5. The molecule has 1 saturated carbocycles. The van der Waals surface area contributed by atoms with Gasteiger partial charge in [0.15, 0.2) is 11.6 Å². The van der Waals surface area contributed by atoms with E-state index in [1.165, 1.54) is 25.7 Å². The average molecular weight is 299 g/mol. The van der Waals surface area contributed by atoms with Gasteiger partial charge in [0.1, 0.15) is 12.0 Å². The van der Waals surface area contributed by atoms with Gasteiger partial charge in [-0.15, -0.1) is 10.2 Å². The lowest BCUT2D eigenvalue weighted by atomic mass is 10.0. The molecule has 0 spiro atoms. The van der Waals surface area contributed by atoms with E-state index in [1.807, 2.05) is 17.8 Å². The predicted octanol–water partition coefficient (Wildman–Crippen LogP) is 2.31. The molecule has 22 heavy (non-hydrogen) atoms. The number of hydrogen-bond acceptors (Lipinski definition) is 6. The van der Waals surface area contributed by atoms with Crippen LogP contribution in [0.3, 0.4) is 0 Å². The predicted molar refractivity (Wildman–Crippen MR) is 84.3 cm³/mol. The van der Waals surface area contributed by atoms with Crippen molar-refractivity contribution in [2.24, 2.45) is 0 Å². The normalized spacial score (nSPS) is 20.8. The first-order chi connectivity index (χ1) is 10.8. The Morgan fingerprint density at radius 2 is 2.14 bits per heavy atom. The van der Waals surface area contributed by atoms with Crippen molar-refractivity contribution in [1.29, 1.82) is 0 Å². The van der Waals surface area contributed by atoms with E-state index in [2.05, 4.69) is 32.3 Å². The summed E-state index contributed by atoms with van der Waals surface area (Å²) in [4.78, 5) is 11.6. The van der Waals surface area contributed by atoms with Gasteiger partial charge in [0.05, 0.1) is 12.2 Å². The van der Waals surface area contributed by atoms with Gasteiger partial charge in [0.25, 0.3) is 0 Å². The summed E-state index contributed by atoms with van der Waals surface area (Å²) in [5, 5.41) is 11.5. The summed E-state index contributed by atoms with van der Waals surface area (Å²) in [6.07, 6.45) is 9.67. The van der Waals surface area contributed by atoms with Crippen molar-refractivity contribution in [3.05, 3.63) is 18.3 Å². The summed E-state index contributed by atoms with van der Waals surface area (Å²) in [6.45, 7) is 2.21. The van der Waals surface area contributed by atoms with Crippen LogP contribution in [0.5, 0.6) is 0 Å². The summed E-state index contributed by atoms with van der Waals surface area (Å²) in [5.41, 5.74) is 0.982. The molecule has 1 aliphatic heterocycles. The third-order valence-electron chi connectivity index (χ3n) is 4.79. The Kier molecular flexibility index (Phi) is 3.20. The first kappa shape index (κ1) is 13.5. The summed E-state index contributed by atoms with van der Waals surface area (Å²) in [5.74, 6) is 2.67. The Morgan fingerprint density at radius 3 is 2.86 bits per heavy atom. The summed E-state index contributed by atoms with van der Waals surface area (Å²) in [7, 11) is 1.85. The number of nitrogens with zero attached hydrogens (tertiary/aromatic N) is 6. The standard InChI is InChI=1S/C15H21N7/c1-3-11-14-20-18-9-21(14)12-8-17-15(16-2)19-13(12)22(11)10-6-4-5-7-10/h8-11H,3-7H2,1-2H3,(H,16,17,19). The number of rotatable bonds is 3. The van der Waals surface area contributed by atoms with Gasteiger partial charge >= 0.3 is 0 Å². The van der Waals surface area contributed by atoms with E-state index in [-0.39, 0.29) is 6.04 Å². The van der Waals surface area contributed by atoms with Crippen molar-refractivity contribution >= 4 is 11.8 Å².